The van der Waals surface area contributed by atoms with Gasteiger partial charge in [0.05, 0.1) is 43.8 Å². The zero-order valence-electron chi connectivity index (χ0n) is 14.9. The van der Waals surface area contributed by atoms with Crippen molar-refractivity contribution < 1.29 is 24.4 Å². The molecule has 2 saturated carbocycles. The van der Waals surface area contributed by atoms with E-state index in [2.05, 4.69) is 10.2 Å². The number of ether oxygens (including phenoxy) is 3. The van der Waals surface area contributed by atoms with E-state index >= 15 is 0 Å². The smallest absolute Gasteiger partial charge is 0.147 e. The van der Waals surface area contributed by atoms with E-state index < -0.39 is 6.10 Å². The predicted molar refractivity (Wildman–Crippen MR) is 91.0 cm³/mol. The Labute approximate surface area is 149 Å². The Bertz CT molecular complexity index is 440. The van der Waals surface area contributed by atoms with E-state index in [1.54, 1.807) is 0 Å². The van der Waals surface area contributed by atoms with Crippen molar-refractivity contribution >= 4 is 0 Å². The second-order valence-corrected chi connectivity index (χ2v) is 7.97. The Morgan fingerprint density at radius 1 is 1.12 bits per heavy atom. The van der Waals surface area contributed by atoms with Crippen molar-refractivity contribution in [3.8, 4) is 0 Å². The molecule has 25 heavy (non-hydrogen) atoms. The summed E-state index contributed by atoms with van der Waals surface area (Å²) >= 11 is 0. The highest BCUT2D eigenvalue weighted by atomic mass is 16.7. The van der Waals surface area contributed by atoms with Crippen LogP contribution < -0.4 is 5.32 Å². The molecule has 7 nitrogen and oxygen atoms in total. The number of β-amino-alcohol motifs (C(OH)–C–C–N with tert-alkyl or cyclic N) is 1. The van der Waals surface area contributed by atoms with Crippen molar-refractivity contribution in [1.29, 1.82) is 0 Å². The van der Waals surface area contributed by atoms with Crippen LogP contribution in [0.25, 0.3) is 0 Å². The zero-order valence-corrected chi connectivity index (χ0v) is 14.9. The summed E-state index contributed by atoms with van der Waals surface area (Å²) in [5, 5.41) is 23.7. The van der Waals surface area contributed by atoms with Crippen molar-refractivity contribution in [3.05, 3.63) is 0 Å². The van der Waals surface area contributed by atoms with E-state index in [1.165, 1.54) is 12.8 Å². The van der Waals surface area contributed by atoms with E-state index in [0.29, 0.717) is 32.0 Å². The molecule has 7 heteroatoms. The maximum atomic E-state index is 10.5. The van der Waals surface area contributed by atoms with E-state index in [0.717, 1.165) is 32.1 Å². The van der Waals surface area contributed by atoms with Gasteiger partial charge in [0.2, 0.25) is 0 Å². The summed E-state index contributed by atoms with van der Waals surface area (Å²) in [6.45, 7) is 1.38. The normalized spacial score (nSPS) is 43.0. The van der Waals surface area contributed by atoms with Crippen molar-refractivity contribution in [2.45, 2.75) is 87.6 Å². The molecule has 0 aromatic carbocycles. The van der Waals surface area contributed by atoms with E-state index in [9.17, 15) is 10.2 Å². The third-order valence-corrected chi connectivity index (χ3v) is 6.33. The van der Waals surface area contributed by atoms with Crippen LogP contribution in [0.2, 0.25) is 0 Å². The number of aliphatic hydroxyl groups is 2. The topological polar surface area (TPSA) is 83.4 Å². The van der Waals surface area contributed by atoms with Crippen LogP contribution >= 0.6 is 0 Å². The van der Waals surface area contributed by atoms with E-state index in [-0.39, 0.29) is 31.1 Å². The molecule has 2 aliphatic heterocycles. The van der Waals surface area contributed by atoms with Gasteiger partial charge in [-0.2, -0.15) is 0 Å². The monoisotopic (exact) mass is 356 g/mol. The first-order valence-corrected chi connectivity index (χ1v) is 9.90. The highest BCUT2D eigenvalue weighted by Crippen LogP contribution is 2.31. The molecule has 4 fully saturated rings. The molecule has 3 N–H and O–H groups in total. The Hall–Kier alpha value is -0.280. The standard InChI is InChI=1S/C18H32N2O5/c21-9-18-19-14-3-1-2-4-15(14)20(18)8-12(22)10-23-13-5-6-16-17(7-13)25-11-24-16/h12-19,21-22H,1-11H2/t12-,13?,14?,15?,16?,17?,18?/m0/s1. The second-order valence-electron chi connectivity index (χ2n) is 7.97. The highest BCUT2D eigenvalue weighted by Gasteiger charge is 2.42. The van der Waals surface area contributed by atoms with Crippen LogP contribution in [-0.2, 0) is 14.2 Å². The van der Waals surface area contributed by atoms with Crippen molar-refractivity contribution in [1.82, 2.24) is 10.2 Å². The van der Waals surface area contributed by atoms with Gasteiger partial charge in [0, 0.05) is 25.0 Å². The summed E-state index contributed by atoms with van der Waals surface area (Å²) in [5.74, 6) is 0. The maximum absolute atomic E-state index is 10.5. The van der Waals surface area contributed by atoms with Crippen molar-refractivity contribution in [2.75, 3.05) is 26.6 Å². The van der Waals surface area contributed by atoms with Gasteiger partial charge in [-0.15, -0.1) is 0 Å². The number of hydrogen-bond acceptors (Lipinski definition) is 7. The van der Waals surface area contributed by atoms with Gasteiger partial charge in [0.25, 0.3) is 0 Å². The number of nitrogens with one attached hydrogen (secondary N) is 1. The van der Waals surface area contributed by atoms with Crippen molar-refractivity contribution in [3.63, 3.8) is 0 Å². The molecule has 2 saturated heterocycles. The fourth-order valence-electron chi connectivity index (χ4n) is 5.04. The fraction of sp³-hybridized carbons (Fsp3) is 1.00. The lowest BCUT2D eigenvalue weighted by Gasteiger charge is -2.34. The van der Waals surface area contributed by atoms with Gasteiger partial charge in [0.1, 0.15) is 6.79 Å². The fourth-order valence-corrected chi connectivity index (χ4v) is 5.04. The summed E-state index contributed by atoms with van der Waals surface area (Å²) < 4.78 is 17.1. The third kappa shape index (κ3) is 4.03. The predicted octanol–water partition coefficient (Wildman–Crippen LogP) is 0.193. The summed E-state index contributed by atoms with van der Waals surface area (Å²) in [7, 11) is 0. The molecule has 0 spiro atoms. The van der Waals surface area contributed by atoms with Gasteiger partial charge in [-0.25, -0.2) is 0 Å². The minimum Gasteiger partial charge on any atom is -0.393 e. The molecule has 0 amide bonds. The number of rotatable bonds is 6. The molecular formula is C18H32N2O5. The van der Waals surface area contributed by atoms with Gasteiger partial charge in [-0.05, 0) is 25.7 Å². The van der Waals surface area contributed by atoms with Gasteiger partial charge in [-0.1, -0.05) is 12.8 Å². The molecule has 7 atom stereocenters. The first kappa shape index (κ1) is 18.1. The number of nitrogens with zero attached hydrogens (tertiary/aromatic N) is 1. The summed E-state index contributed by atoms with van der Waals surface area (Å²) in [6.07, 6.45) is 7.54. The molecule has 0 aromatic heterocycles. The molecule has 2 heterocycles. The molecule has 0 radical (unpaired) electrons. The lowest BCUT2D eigenvalue weighted by atomic mass is 9.91. The minimum absolute atomic E-state index is 0.0396. The lowest BCUT2D eigenvalue weighted by molar-refractivity contribution is -0.0641. The number of aliphatic hydroxyl groups excluding tert-OH is 2. The molecule has 4 aliphatic rings. The molecule has 0 bridgehead atoms. The summed E-state index contributed by atoms with van der Waals surface area (Å²) in [6, 6.07) is 0.883. The lowest BCUT2D eigenvalue weighted by Crippen LogP contribution is -2.47. The van der Waals surface area contributed by atoms with Crippen LogP contribution in [0.15, 0.2) is 0 Å². The van der Waals surface area contributed by atoms with Crippen LogP contribution in [0, 0.1) is 0 Å². The van der Waals surface area contributed by atoms with E-state index in [4.69, 9.17) is 14.2 Å². The van der Waals surface area contributed by atoms with Gasteiger partial charge >= 0.3 is 0 Å². The third-order valence-electron chi connectivity index (χ3n) is 6.33. The number of fused-ring (bicyclic) bond motifs is 2. The largest absolute Gasteiger partial charge is 0.393 e. The molecule has 144 valence electrons. The molecule has 2 aliphatic carbocycles. The first-order valence-electron chi connectivity index (χ1n) is 9.90. The van der Waals surface area contributed by atoms with E-state index in [1.807, 2.05) is 0 Å². The molecule has 6 unspecified atom stereocenters. The second kappa shape index (κ2) is 8.17. The molecule has 4 rings (SSSR count). The van der Waals surface area contributed by atoms with Crippen molar-refractivity contribution in [2.24, 2.45) is 0 Å². The first-order chi connectivity index (χ1) is 12.2. The minimum atomic E-state index is -0.532. The Morgan fingerprint density at radius 2 is 1.96 bits per heavy atom. The molecular weight excluding hydrogens is 324 g/mol. The van der Waals surface area contributed by atoms with Gasteiger partial charge in [0.15, 0.2) is 0 Å². The Morgan fingerprint density at radius 3 is 2.84 bits per heavy atom. The summed E-state index contributed by atoms with van der Waals surface area (Å²) in [5.41, 5.74) is 0. The SMILES string of the molecule is OCC1NC2CCCCC2N1C[C@H](O)COC1CCC2OCOC2C1. The highest BCUT2D eigenvalue weighted by molar-refractivity contribution is 4.98. The Balaban J connectivity index is 1.24. The van der Waals surface area contributed by atoms with Crippen LogP contribution in [0.3, 0.4) is 0 Å². The van der Waals surface area contributed by atoms with Crippen LogP contribution in [0.4, 0.5) is 0 Å². The van der Waals surface area contributed by atoms with Crippen LogP contribution in [0.5, 0.6) is 0 Å². The number of hydrogen-bond donors (Lipinski definition) is 3. The average molecular weight is 356 g/mol. The summed E-state index contributed by atoms with van der Waals surface area (Å²) in [4.78, 5) is 2.25. The zero-order chi connectivity index (χ0) is 17.2. The molecule has 0 aromatic rings. The Kier molecular flexibility index (Phi) is 5.91. The van der Waals surface area contributed by atoms with Crippen LogP contribution in [-0.4, -0.2) is 84.3 Å². The van der Waals surface area contributed by atoms with Gasteiger partial charge < -0.3 is 24.4 Å². The average Bonchev–Trinajstić information content (AvgIpc) is 3.24. The van der Waals surface area contributed by atoms with Gasteiger partial charge in [-0.3, -0.25) is 10.2 Å². The quantitative estimate of drug-likeness (QED) is 0.627. The maximum Gasteiger partial charge on any atom is 0.147 e. The van der Waals surface area contributed by atoms with Crippen LogP contribution in [0.1, 0.15) is 44.9 Å².